The number of hydrogen-bond acceptors (Lipinski definition) is 5. The van der Waals surface area contributed by atoms with Crippen LogP contribution in [0.5, 0.6) is 5.88 Å². The van der Waals surface area contributed by atoms with Gasteiger partial charge in [0.25, 0.3) is 0 Å². The van der Waals surface area contributed by atoms with E-state index < -0.39 is 0 Å². The zero-order valence-electron chi connectivity index (χ0n) is 10.2. The van der Waals surface area contributed by atoms with Crippen LogP contribution in [-0.4, -0.2) is 29.2 Å². The highest BCUT2D eigenvalue weighted by molar-refractivity contribution is 5.33. The summed E-state index contributed by atoms with van der Waals surface area (Å²) in [6.07, 6.45) is 6.78. The first kappa shape index (κ1) is 12.1. The highest BCUT2D eigenvalue weighted by Crippen LogP contribution is 2.24. The number of nitrogens with zero attached hydrogens (tertiary/aromatic N) is 2. The Kier molecular flexibility index (Phi) is 4.14. The van der Waals surface area contributed by atoms with Crippen LogP contribution in [0.4, 0.5) is 5.82 Å². The van der Waals surface area contributed by atoms with Crippen LogP contribution in [0.2, 0.25) is 0 Å². The van der Waals surface area contributed by atoms with Gasteiger partial charge in [-0.25, -0.2) is 0 Å². The van der Waals surface area contributed by atoms with Gasteiger partial charge in [0.15, 0.2) is 0 Å². The van der Waals surface area contributed by atoms with Crippen molar-refractivity contribution in [2.24, 2.45) is 11.7 Å². The third-order valence-corrected chi connectivity index (χ3v) is 3.06. The summed E-state index contributed by atoms with van der Waals surface area (Å²) in [4.78, 5) is 8.40. The summed E-state index contributed by atoms with van der Waals surface area (Å²) in [6, 6.07) is 0.377. The second-order valence-corrected chi connectivity index (χ2v) is 4.50. The summed E-state index contributed by atoms with van der Waals surface area (Å²) in [6.45, 7) is 3.45. The van der Waals surface area contributed by atoms with Crippen molar-refractivity contribution in [3.8, 4) is 5.88 Å². The fourth-order valence-corrected chi connectivity index (χ4v) is 2.20. The Morgan fingerprint density at radius 2 is 2.35 bits per heavy atom. The molecule has 1 aliphatic rings. The van der Waals surface area contributed by atoms with Crippen molar-refractivity contribution in [3.63, 3.8) is 0 Å². The van der Waals surface area contributed by atoms with Gasteiger partial charge in [0.05, 0.1) is 19.0 Å². The van der Waals surface area contributed by atoms with E-state index in [4.69, 9.17) is 10.5 Å². The lowest BCUT2D eigenvalue weighted by Gasteiger charge is -2.11. The third-order valence-electron chi connectivity index (χ3n) is 3.06. The van der Waals surface area contributed by atoms with E-state index in [-0.39, 0.29) is 0 Å². The van der Waals surface area contributed by atoms with Gasteiger partial charge in [0, 0.05) is 12.6 Å². The summed E-state index contributed by atoms with van der Waals surface area (Å²) >= 11 is 0. The number of anilines is 1. The van der Waals surface area contributed by atoms with Gasteiger partial charge in [-0.3, -0.25) is 4.98 Å². The first-order valence-corrected chi connectivity index (χ1v) is 6.22. The molecule has 5 nitrogen and oxygen atoms in total. The molecule has 0 aliphatic heterocycles. The summed E-state index contributed by atoms with van der Waals surface area (Å²) < 4.78 is 5.30. The van der Waals surface area contributed by atoms with E-state index in [1.807, 2.05) is 6.92 Å². The smallest absolute Gasteiger partial charge is 0.234 e. The Balaban J connectivity index is 1.83. The molecule has 2 rings (SSSR count). The van der Waals surface area contributed by atoms with Crippen molar-refractivity contribution in [1.82, 2.24) is 9.97 Å². The summed E-state index contributed by atoms with van der Waals surface area (Å²) in [7, 11) is 0. The second kappa shape index (κ2) is 5.82. The van der Waals surface area contributed by atoms with Gasteiger partial charge in [-0.2, -0.15) is 4.98 Å². The number of ether oxygens (including phenoxy) is 1. The lowest BCUT2D eigenvalue weighted by Crippen LogP contribution is -2.18. The number of hydrogen-bond donors (Lipinski definition) is 2. The number of aromatic nitrogens is 2. The SMILES string of the molecule is CCOc1cncc(NCC2CCC(N)C2)n1. The van der Waals surface area contributed by atoms with Crippen LogP contribution in [0.1, 0.15) is 26.2 Å². The van der Waals surface area contributed by atoms with Gasteiger partial charge >= 0.3 is 0 Å². The standard InChI is InChI=1S/C12H20N4O/c1-2-17-12-8-14-7-11(16-12)15-6-9-3-4-10(13)5-9/h7-10H,2-6,13H2,1H3,(H,15,16). The van der Waals surface area contributed by atoms with Crippen molar-refractivity contribution in [3.05, 3.63) is 12.4 Å². The van der Waals surface area contributed by atoms with Crippen LogP contribution >= 0.6 is 0 Å². The minimum Gasteiger partial charge on any atom is -0.477 e. The fraction of sp³-hybridized carbons (Fsp3) is 0.667. The van der Waals surface area contributed by atoms with E-state index in [1.165, 1.54) is 6.42 Å². The average Bonchev–Trinajstić information content (AvgIpc) is 2.74. The topological polar surface area (TPSA) is 73.1 Å². The quantitative estimate of drug-likeness (QED) is 0.808. The zero-order chi connectivity index (χ0) is 12.1. The van der Waals surface area contributed by atoms with Crippen molar-refractivity contribution in [2.45, 2.75) is 32.2 Å². The molecule has 2 atom stereocenters. The number of rotatable bonds is 5. The lowest BCUT2D eigenvalue weighted by molar-refractivity contribution is 0.325. The highest BCUT2D eigenvalue weighted by Gasteiger charge is 2.21. The number of nitrogens with one attached hydrogen (secondary N) is 1. The molecule has 0 aromatic carbocycles. The maximum atomic E-state index is 5.88. The second-order valence-electron chi connectivity index (χ2n) is 4.50. The van der Waals surface area contributed by atoms with Crippen LogP contribution in [0, 0.1) is 5.92 Å². The van der Waals surface area contributed by atoms with E-state index in [2.05, 4.69) is 15.3 Å². The molecular weight excluding hydrogens is 216 g/mol. The molecule has 0 amide bonds. The molecule has 0 saturated heterocycles. The molecule has 1 saturated carbocycles. The Morgan fingerprint density at radius 1 is 1.47 bits per heavy atom. The van der Waals surface area contributed by atoms with Crippen molar-refractivity contribution < 1.29 is 4.74 Å². The zero-order valence-corrected chi connectivity index (χ0v) is 10.2. The highest BCUT2D eigenvalue weighted by atomic mass is 16.5. The average molecular weight is 236 g/mol. The molecule has 1 aromatic rings. The predicted octanol–water partition coefficient (Wildman–Crippen LogP) is 1.41. The maximum Gasteiger partial charge on any atom is 0.234 e. The van der Waals surface area contributed by atoms with Gasteiger partial charge in [-0.05, 0) is 32.1 Å². The first-order valence-electron chi connectivity index (χ1n) is 6.22. The molecule has 5 heteroatoms. The van der Waals surface area contributed by atoms with Gasteiger partial charge < -0.3 is 15.8 Å². The molecule has 0 bridgehead atoms. The van der Waals surface area contributed by atoms with Crippen molar-refractivity contribution in [1.29, 1.82) is 0 Å². The van der Waals surface area contributed by atoms with Crippen LogP contribution in [0.25, 0.3) is 0 Å². The number of nitrogens with two attached hydrogens (primary N) is 1. The first-order chi connectivity index (χ1) is 8.28. The Bertz CT molecular complexity index is 358. The summed E-state index contributed by atoms with van der Waals surface area (Å²) in [5.74, 6) is 2.00. The van der Waals surface area contributed by atoms with Gasteiger partial charge in [0.1, 0.15) is 5.82 Å². The fourth-order valence-electron chi connectivity index (χ4n) is 2.20. The van der Waals surface area contributed by atoms with E-state index in [9.17, 15) is 0 Å². The van der Waals surface area contributed by atoms with Gasteiger partial charge in [-0.1, -0.05) is 0 Å². The molecule has 1 aromatic heterocycles. The van der Waals surface area contributed by atoms with E-state index in [0.29, 0.717) is 24.4 Å². The molecule has 1 fully saturated rings. The van der Waals surface area contributed by atoms with Crippen molar-refractivity contribution in [2.75, 3.05) is 18.5 Å². The van der Waals surface area contributed by atoms with Crippen LogP contribution < -0.4 is 15.8 Å². The Morgan fingerprint density at radius 3 is 3.06 bits per heavy atom. The minimum absolute atomic E-state index is 0.377. The molecule has 1 aliphatic carbocycles. The minimum atomic E-state index is 0.377. The molecule has 0 spiro atoms. The van der Waals surface area contributed by atoms with Crippen molar-refractivity contribution >= 4 is 5.82 Å². The van der Waals surface area contributed by atoms with Crippen LogP contribution in [-0.2, 0) is 0 Å². The summed E-state index contributed by atoms with van der Waals surface area (Å²) in [5.41, 5.74) is 5.88. The Hall–Kier alpha value is -1.36. The van der Waals surface area contributed by atoms with Crippen LogP contribution in [0.15, 0.2) is 12.4 Å². The monoisotopic (exact) mass is 236 g/mol. The van der Waals surface area contributed by atoms with E-state index in [1.54, 1.807) is 12.4 Å². The predicted molar refractivity (Wildman–Crippen MR) is 67.0 cm³/mol. The third kappa shape index (κ3) is 3.56. The van der Waals surface area contributed by atoms with Gasteiger partial charge in [-0.15, -0.1) is 0 Å². The molecule has 17 heavy (non-hydrogen) atoms. The molecule has 1 heterocycles. The van der Waals surface area contributed by atoms with E-state index in [0.717, 1.165) is 25.2 Å². The normalized spacial score (nSPS) is 23.6. The largest absolute Gasteiger partial charge is 0.477 e. The lowest BCUT2D eigenvalue weighted by atomic mass is 10.1. The van der Waals surface area contributed by atoms with Crippen LogP contribution in [0.3, 0.4) is 0 Å². The summed E-state index contributed by atoms with van der Waals surface area (Å²) in [5, 5.41) is 3.30. The Labute approximate surface area is 102 Å². The van der Waals surface area contributed by atoms with Gasteiger partial charge in [0.2, 0.25) is 5.88 Å². The van der Waals surface area contributed by atoms with E-state index >= 15 is 0 Å². The molecular formula is C12H20N4O. The molecule has 0 radical (unpaired) electrons. The molecule has 2 unspecified atom stereocenters. The maximum absolute atomic E-state index is 5.88. The molecule has 3 N–H and O–H groups in total. The molecule has 94 valence electrons.